The number of hydrogen-bond donors (Lipinski definition) is 0. The van der Waals surface area contributed by atoms with Gasteiger partial charge in [-0.2, -0.15) is 0 Å². The SMILES string of the molecule is [CH2]C(C)(C)C(C)CC(CC)CC. The van der Waals surface area contributed by atoms with Gasteiger partial charge in [-0.1, -0.05) is 47.5 Å². The summed E-state index contributed by atoms with van der Waals surface area (Å²) >= 11 is 0. The van der Waals surface area contributed by atoms with E-state index in [0.717, 1.165) is 11.8 Å². The Morgan fingerprint density at radius 3 is 1.83 bits per heavy atom. The number of hydrogen-bond acceptors (Lipinski definition) is 0. The molecule has 0 nitrogen and oxygen atoms in total. The molecule has 0 heterocycles. The predicted molar refractivity (Wildman–Crippen MR) is 57.0 cm³/mol. The fourth-order valence-corrected chi connectivity index (χ4v) is 1.44. The van der Waals surface area contributed by atoms with Crippen molar-refractivity contribution < 1.29 is 0 Å². The second-order valence-electron chi connectivity index (χ2n) is 4.81. The highest BCUT2D eigenvalue weighted by atomic mass is 14.3. The van der Waals surface area contributed by atoms with Gasteiger partial charge in [0.15, 0.2) is 0 Å². The molecule has 0 aliphatic rings. The van der Waals surface area contributed by atoms with Gasteiger partial charge >= 0.3 is 0 Å². The van der Waals surface area contributed by atoms with Gasteiger partial charge in [0.25, 0.3) is 0 Å². The van der Waals surface area contributed by atoms with Crippen LogP contribution in [0.5, 0.6) is 0 Å². The first kappa shape index (κ1) is 12.0. The van der Waals surface area contributed by atoms with E-state index in [1.807, 2.05) is 0 Å². The molecule has 1 unspecified atom stereocenters. The van der Waals surface area contributed by atoms with Crippen LogP contribution in [0, 0.1) is 24.2 Å². The summed E-state index contributed by atoms with van der Waals surface area (Å²) in [6.07, 6.45) is 3.97. The van der Waals surface area contributed by atoms with Crippen LogP contribution in [0.1, 0.15) is 53.9 Å². The topological polar surface area (TPSA) is 0 Å². The summed E-state index contributed by atoms with van der Waals surface area (Å²) in [5.74, 6) is 1.64. The molecule has 0 aromatic carbocycles. The van der Waals surface area contributed by atoms with Crippen LogP contribution in [-0.2, 0) is 0 Å². The lowest BCUT2D eigenvalue weighted by atomic mass is 9.76. The summed E-state index contributed by atoms with van der Waals surface area (Å²) in [6, 6.07) is 0. The van der Waals surface area contributed by atoms with Gasteiger partial charge in [0.1, 0.15) is 0 Å². The van der Waals surface area contributed by atoms with E-state index in [2.05, 4.69) is 41.5 Å². The van der Waals surface area contributed by atoms with Gasteiger partial charge < -0.3 is 0 Å². The molecule has 0 saturated heterocycles. The molecule has 0 aliphatic heterocycles. The van der Waals surface area contributed by atoms with E-state index in [9.17, 15) is 0 Å². The Morgan fingerprint density at radius 2 is 1.58 bits per heavy atom. The number of rotatable bonds is 5. The Bertz CT molecular complexity index is 104. The van der Waals surface area contributed by atoms with Crippen LogP contribution < -0.4 is 0 Å². The normalized spacial score (nSPS) is 15.2. The molecule has 1 radical (unpaired) electrons. The maximum Gasteiger partial charge on any atom is -0.0328 e. The lowest BCUT2D eigenvalue weighted by molar-refractivity contribution is 0.238. The van der Waals surface area contributed by atoms with Crippen LogP contribution in [0.2, 0.25) is 0 Å². The van der Waals surface area contributed by atoms with Crippen LogP contribution in [0.15, 0.2) is 0 Å². The zero-order valence-corrected chi connectivity index (χ0v) is 9.48. The summed E-state index contributed by atoms with van der Waals surface area (Å²) in [6.45, 7) is 15.6. The molecule has 73 valence electrons. The summed E-state index contributed by atoms with van der Waals surface area (Å²) < 4.78 is 0. The van der Waals surface area contributed by atoms with E-state index in [4.69, 9.17) is 0 Å². The highest BCUT2D eigenvalue weighted by molar-refractivity contribution is 4.78. The second-order valence-corrected chi connectivity index (χ2v) is 4.81. The van der Waals surface area contributed by atoms with E-state index >= 15 is 0 Å². The van der Waals surface area contributed by atoms with Crippen molar-refractivity contribution in [2.24, 2.45) is 17.3 Å². The zero-order chi connectivity index (χ0) is 9.78. The Kier molecular flexibility index (Phi) is 4.89. The van der Waals surface area contributed by atoms with Crippen LogP contribution >= 0.6 is 0 Å². The monoisotopic (exact) mass is 169 g/mol. The molecule has 12 heavy (non-hydrogen) atoms. The third-order valence-electron chi connectivity index (χ3n) is 3.18. The minimum absolute atomic E-state index is 0.239. The van der Waals surface area contributed by atoms with E-state index < -0.39 is 0 Å². The van der Waals surface area contributed by atoms with E-state index in [-0.39, 0.29) is 5.41 Å². The first-order valence-corrected chi connectivity index (χ1v) is 5.27. The van der Waals surface area contributed by atoms with Gasteiger partial charge in [-0.25, -0.2) is 0 Å². The van der Waals surface area contributed by atoms with Gasteiger partial charge in [0.05, 0.1) is 0 Å². The fraction of sp³-hybridized carbons (Fsp3) is 0.917. The lowest BCUT2D eigenvalue weighted by Gasteiger charge is -2.30. The smallest absolute Gasteiger partial charge is 0.0328 e. The Morgan fingerprint density at radius 1 is 1.17 bits per heavy atom. The maximum atomic E-state index is 4.19. The highest BCUT2D eigenvalue weighted by Gasteiger charge is 2.22. The minimum atomic E-state index is 0.239. The molecule has 0 saturated carbocycles. The first-order chi connectivity index (χ1) is 5.41. The molecule has 0 amide bonds. The first-order valence-electron chi connectivity index (χ1n) is 5.27. The average Bonchev–Trinajstić information content (AvgIpc) is 1.97. The van der Waals surface area contributed by atoms with Gasteiger partial charge in [-0.05, 0) is 30.6 Å². The third-order valence-corrected chi connectivity index (χ3v) is 3.18. The van der Waals surface area contributed by atoms with Crippen molar-refractivity contribution in [1.29, 1.82) is 0 Å². The molecule has 0 heteroatoms. The quantitative estimate of drug-likeness (QED) is 0.575. The van der Waals surface area contributed by atoms with Crippen molar-refractivity contribution >= 4 is 0 Å². The Balaban J connectivity index is 3.90. The van der Waals surface area contributed by atoms with Crippen LogP contribution in [0.25, 0.3) is 0 Å². The summed E-state index contributed by atoms with van der Waals surface area (Å²) in [7, 11) is 0. The highest BCUT2D eigenvalue weighted by Crippen LogP contribution is 2.32. The maximum absolute atomic E-state index is 4.19. The van der Waals surface area contributed by atoms with Crippen LogP contribution in [0.4, 0.5) is 0 Å². The molecule has 0 aromatic rings. The van der Waals surface area contributed by atoms with Gasteiger partial charge in [-0.3, -0.25) is 0 Å². The molecule has 1 atom stereocenters. The Hall–Kier alpha value is 0. The molecule has 0 rings (SSSR count). The molecule has 0 N–H and O–H groups in total. The molecule has 0 aliphatic carbocycles. The summed E-state index contributed by atoms with van der Waals surface area (Å²) in [4.78, 5) is 0. The fourth-order valence-electron chi connectivity index (χ4n) is 1.44. The zero-order valence-electron chi connectivity index (χ0n) is 9.48. The predicted octanol–water partition coefficient (Wildman–Crippen LogP) is 4.31. The lowest BCUT2D eigenvalue weighted by Crippen LogP contribution is -2.20. The molecule has 0 aromatic heterocycles. The third kappa shape index (κ3) is 4.13. The van der Waals surface area contributed by atoms with E-state index in [1.165, 1.54) is 19.3 Å². The Labute approximate surface area is 78.8 Å². The average molecular weight is 169 g/mol. The summed E-state index contributed by atoms with van der Waals surface area (Å²) in [5, 5.41) is 0. The van der Waals surface area contributed by atoms with E-state index in [1.54, 1.807) is 0 Å². The standard InChI is InChI=1S/C12H25/c1-7-11(8-2)9-10(3)12(4,5)6/h10-11H,4,7-9H2,1-3,5-6H3. The second kappa shape index (κ2) is 4.89. The van der Waals surface area contributed by atoms with E-state index in [0.29, 0.717) is 0 Å². The molecular formula is C12H25. The minimum Gasteiger partial charge on any atom is -0.0651 e. The van der Waals surface area contributed by atoms with Crippen LogP contribution in [0.3, 0.4) is 0 Å². The van der Waals surface area contributed by atoms with Gasteiger partial charge in [-0.15, -0.1) is 0 Å². The van der Waals surface area contributed by atoms with Crippen molar-refractivity contribution in [1.82, 2.24) is 0 Å². The van der Waals surface area contributed by atoms with Crippen molar-refractivity contribution in [3.63, 3.8) is 0 Å². The largest absolute Gasteiger partial charge is 0.0651 e. The van der Waals surface area contributed by atoms with Crippen molar-refractivity contribution in [3.05, 3.63) is 6.92 Å². The molecular weight excluding hydrogens is 144 g/mol. The summed E-state index contributed by atoms with van der Waals surface area (Å²) in [5.41, 5.74) is 0.239. The van der Waals surface area contributed by atoms with Crippen LogP contribution in [-0.4, -0.2) is 0 Å². The molecule has 0 bridgehead atoms. The molecule has 0 spiro atoms. The van der Waals surface area contributed by atoms with Gasteiger partial charge in [0.2, 0.25) is 0 Å². The van der Waals surface area contributed by atoms with Crippen molar-refractivity contribution in [2.45, 2.75) is 53.9 Å². The van der Waals surface area contributed by atoms with Gasteiger partial charge in [0, 0.05) is 0 Å². The molecule has 0 fully saturated rings. The van der Waals surface area contributed by atoms with Crippen molar-refractivity contribution in [3.8, 4) is 0 Å². The van der Waals surface area contributed by atoms with Crippen molar-refractivity contribution in [2.75, 3.05) is 0 Å².